The number of aryl methyl sites for hydroxylation is 1. The van der Waals surface area contributed by atoms with Gasteiger partial charge in [0.15, 0.2) is 0 Å². The SMILES string of the molecule is O=C(O)c1ccc(CCCCCCS)cc1. The zero-order valence-corrected chi connectivity index (χ0v) is 10.2. The largest absolute Gasteiger partial charge is 0.478 e. The molecule has 1 aromatic rings. The molecule has 0 amide bonds. The number of thiol groups is 1. The lowest BCUT2D eigenvalue weighted by Crippen LogP contribution is -1.96. The summed E-state index contributed by atoms with van der Waals surface area (Å²) >= 11 is 4.17. The van der Waals surface area contributed by atoms with Crippen LogP contribution in [0.15, 0.2) is 24.3 Å². The maximum atomic E-state index is 10.6. The number of carboxylic acids is 1. The molecule has 0 saturated heterocycles. The highest BCUT2D eigenvalue weighted by Gasteiger charge is 2.01. The van der Waals surface area contributed by atoms with Gasteiger partial charge in [0, 0.05) is 0 Å². The Morgan fingerprint density at radius 1 is 1.06 bits per heavy atom. The van der Waals surface area contributed by atoms with E-state index in [1.807, 2.05) is 12.1 Å². The van der Waals surface area contributed by atoms with Crippen LogP contribution in [0.3, 0.4) is 0 Å². The van der Waals surface area contributed by atoms with E-state index in [2.05, 4.69) is 12.6 Å². The van der Waals surface area contributed by atoms with Gasteiger partial charge in [0.25, 0.3) is 0 Å². The molecule has 16 heavy (non-hydrogen) atoms. The Balaban J connectivity index is 2.29. The Kier molecular flexibility index (Phi) is 6.01. The van der Waals surface area contributed by atoms with Crippen LogP contribution in [-0.2, 0) is 6.42 Å². The number of hydrogen-bond donors (Lipinski definition) is 2. The molecule has 0 aliphatic carbocycles. The predicted octanol–water partition coefficient (Wildman–Crippen LogP) is 3.42. The Hall–Kier alpha value is -0.960. The molecule has 0 unspecified atom stereocenters. The molecule has 0 atom stereocenters. The molecule has 0 spiro atoms. The molecular weight excluding hydrogens is 220 g/mol. The zero-order valence-electron chi connectivity index (χ0n) is 9.35. The first-order valence-electron chi connectivity index (χ1n) is 5.67. The van der Waals surface area contributed by atoms with Crippen LogP contribution < -0.4 is 0 Å². The molecule has 0 aromatic heterocycles. The third kappa shape index (κ3) is 4.71. The predicted molar refractivity (Wildman–Crippen MR) is 69.4 cm³/mol. The zero-order chi connectivity index (χ0) is 11.8. The fourth-order valence-corrected chi connectivity index (χ4v) is 1.83. The van der Waals surface area contributed by atoms with Crippen LogP contribution in [0, 0.1) is 0 Å². The van der Waals surface area contributed by atoms with Crippen molar-refractivity contribution in [1.82, 2.24) is 0 Å². The highest BCUT2D eigenvalue weighted by atomic mass is 32.1. The molecule has 1 N–H and O–H groups in total. The van der Waals surface area contributed by atoms with Gasteiger partial charge in [-0.25, -0.2) is 4.79 Å². The van der Waals surface area contributed by atoms with E-state index in [9.17, 15) is 4.79 Å². The van der Waals surface area contributed by atoms with Gasteiger partial charge in [-0.3, -0.25) is 0 Å². The summed E-state index contributed by atoms with van der Waals surface area (Å²) in [6.07, 6.45) is 5.84. The van der Waals surface area contributed by atoms with Crippen LogP contribution in [0.5, 0.6) is 0 Å². The number of unbranched alkanes of at least 4 members (excludes halogenated alkanes) is 3. The average molecular weight is 238 g/mol. The monoisotopic (exact) mass is 238 g/mol. The van der Waals surface area contributed by atoms with Gasteiger partial charge in [-0.1, -0.05) is 25.0 Å². The summed E-state index contributed by atoms with van der Waals surface area (Å²) in [7, 11) is 0. The molecule has 2 nitrogen and oxygen atoms in total. The molecule has 0 radical (unpaired) electrons. The lowest BCUT2D eigenvalue weighted by molar-refractivity contribution is 0.0697. The maximum absolute atomic E-state index is 10.6. The Labute approximate surface area is 102 Å². The van der Waals surface area contributed by atoms with Gasteiger partial charge < -0.3 is 5.11 Å². The molecule has 0 aliphatic rings. The smallest absolute Gasteiger partial charge is 0.335 e. The fraction of sp³-hybridized carbons (Fsp3) is 0.462. The van der Waals surface area contributed by atoms with Crippen molar-refractivity contribution < 1.29 is 9.90 Å². The van der Waals surface area contributed by atoms with Crippen molar-refractivity contribution in [3.8, 4) is 0 Å². The van der Waals surface area contributed by atoms with Gasteiger partial charge in [0.2, 0.25) is 0 Å². The molecule has 0 bridgehead atoms. The van der Waals surface area contributed by atoms with Crippen molar-refractivity contribution >= 4 is 18.6 Å². The quantitative estimate of drug-likeness (QED) is 0.564. The van der Waals surface area contributed by atoms with Crippen molar-refractivity contribution in [3.63, 3.8) is 0 Å². The molecule has 88 valence electrons. The van der Waals surface area contributed by atoms with E-state index in [4.69, 9.17) is 5.11 Å². The summed E-state index contributed by atoms with van der Waals surface area (Å²) in [5, 5.41) is 8.74. The van der Waals surface area contributed by atoms with Gasteiger partial charge in [0.1, 0.15) is 0 Å². The van der Waals surface area contributed by atoms with Crippen LogP contribution in [0.2, 0.25) is 0 Å². The molecule has 0 heterocycles. The van der Waals surface area contributed by atoms with E-state index in [0.29, 0.717) is 5.56 Å². The average Bonchev–Trinajstić information content (AvgIpc) is 2.29. The summed E-state index contributed by atoms with van der Waals surface area (Å²) in [5.74, 6) is 0.105. The molecule has 1 aromatic carbocycles. The van der Waals surface area contributed by atoms with E-state index in [1.165, 1.54) is 31.2 Å². The van der Waals surface area contributed by atoms with Gasteiger partial charge in [-0.05, 0) is 42.7 Å². The number of hydrogen-bond acceptors (Lipinski definition) is 2. The van der Waals surface area contributed by atoms with Gasteiger partial charge >= 0.3 is 5.97 Å². The third-order valence-electron chi connectivity index (χ3n) is 2.57. The van der Waals surface area contributed by atoms with Gasteiger partial charge in [0.05, 0.1) is 5.56 Å². The van der Waals surface area contributed by atoms with Crippen molar-refractivity contribution in [3.05, 3.63) is 35.4 Å². The second-order valence-corrected chi connectivity index (χ2v) is 4.34. The summed E-state index contributed by atoms with van der Waals surface area (Å²) in [6, 6.07) is 7.15. The van der Waals surface area contributed by atoms with E-state index in [-0.39, 0.29) is 0 Å². The lowest BCUT2D eigenvalue weighted by Gasteiger charge is -2.02. The van der Waals surface area contributed by atoms with Crippen molar-refractivity contribution in [2.24, 2.45) is 0 Å². The molecular formula is C13H18O2S. The highest BCUT2D eigenvalue weighted by molar-refractivity contribution is 7.80. The molecule has 0 aliphatic heterocycles. The first kappa shape index (κ1) is 13.1. The minimum atomic E-state index is -0.861. The number of aromatic carboxylic acids is 1. The summed E-state index contributed by atoms with van der Waals surface area (Å²) in [6.45, 7) is 0. The number of carbonyl (C=O) groups is 1. The Bertz CT molecular complexity index is 319. The third-order valence-corrected chi connectivity index (χ3v) is 2.89. The second kappa shape index (κ2) is 7.34. The molecule has 0 fully saturated rings. The molecule has 3 heteroatoms. The Morgan fingerprint density at radius 2 is 1.69 bits per heavy atom. The fourth-order valence-electron chi connectivity index (χ4n) is 1.61. The second-order valence-electron chi connectivity index (χ2n) is 3.89. The maximum Gasteiger partial charge on any atom is 0.335 e. The van der Waals surface area contributed by atoms with Crippen LogP contribution in [-0.4, -0.2) is 16.8 Å². The topological polar surface area (TPSA) is 37.3 Å². The van der Waals surface area contributed by atoms with Crippen molar-refractivity contribution in [1.29, 1.82) is 0 Å². The number of benzene rings is 1. The standard InChI is InChI=1S/C13H18O2S/c14-13(15)12-8-6-11(7-9-12)5-3-1-2-4-10-16/h6-9,16H,1-5,10H2,(H,14,15). The van der Waals surface area contributed by atoms with Gasteiger partial charge in [-0.2, -0.15) is 12.6 Å². The van der Waals surface area contributed by atoms with Crippen LogP contribution in [0.25, 0.3) is 0 Å². The first-order chi connectivity index (χ1) is 7.74. The van der Waals surface area contributed by atoms with E-state index < -0.39 is 5.97 Å². The van der Waals surface area contributed by atoms with Crippen molar-refractivity contribution in [2.45, 2.75) is 32.1 Å². The van der Waals surface area contributed by atoms with E-state index in [0.717, 1.165) is 12.2 Å². The normalized spacial score (nSPS) is 10.3. The first-order valence-corrected chi connectivity index (χ1v) is 6.30. The van der Waals surface area contributed by atoms with Crippen molar-refractivity contribution in [2.75, 3.05) is 5.75 Å². The van der Waals surface area contributed by atoms with Gasteiger partial charge in [-0.15, -0.1) is 0 Å². The summed E-state index contributed by atoms with van der Waals surface area (Å²) < 4.78 is 0. The van der Waals surface area contributed by atoms with Crippen LogP contribution in [0.4, 0.5) is 0 Å². The van der Waals surface area contributed by atoms with Crippen LogP contribution >= 0.6 is 12.6 Å². The number of carboxylic acid groups (broad SMARTS) is 1. The number of rotatable bonds is 7. The van der Waals surface area contributed by atoms with E-state index in [1.54, 1.807) is 12.1 Å². The summed E-state index contributed by atoms with van der Waals surface area (Å²) in [4.78, 5) is 10.6. The van der Waals surface area contributed by atoms with Crippen LogP contribution in [0.1, 0.15) is 41.6 Å². The minimum Gasteiger partial charge on any atom is -0.478 e. The van der Waals surface area contributed by atoms with E-state index >= 15 is 0 Å². The minimum absolute atomic E-state index is 0.360. The highest BCUT2D eigenvalue weighted by Crippen LogP contribution is 2.10. The lowest BCUT2D eigenvalue weighted by atomic mass is 10.0. The summed E-state index contributed by atoms with van der Waals surface area (Å²) in [5.41, 5.74) is 1.58. The molecule has 1 rings (SSSR count). The Morgan fingerprint density at radius 3 is 2.25 bits per heavy atom. The molecule has 0 saturated carbocycles.